The number of aryl methyl sites for hydroxylation is 1. The molecule has 7 heteroatoms. The molecular weight excluding hydrogens is 280 g/mol. The van der Waals surface area contributed by atoms with Crippen molar-refractivity contribution in [1.29, 1.82) is 0 Å². The molecule has 0 amide bonds. The average Bonchev–Trinajstić information content (AvgIpc) is 2.38. The van der Waals surface area contributed by atoms with Crippen molar-refractivity contribution in [2.45, 2.75) is 12.7 Å². The molecule has 104 valence electrons. The van der Waals surface area contributed by atoms with E-state index in [-0.39, 0.29) is 22.8 Å². The molecule has 0 spiro atoms. The summed E-state index contributed by atoms with van der Waals surface area (Å²) >= 11 is -2.08. The fourth-order valence-electron chi connectivity index (χ4n) is 1.80. The molecule has 1 aromatic heterocycles. The first-order valence-corrected chi connectivity index (χ1v) is 6.99. The van der Waals surface area contributed by atoms with E-state index in [2.05, 4.69) is 9.97 Å². The summed E-state index contributed by atoms with van der Waals surface area (Å²) in [5.74, 6) is -1.24. The van der Waals surface area contributed by atoms with Gasteiger partial charge in [0.25, 0.3) is 0 Å². The van der Waals surface area contributed by atoms with E-state index in [4.69, 9.17) is 4.55 Å². The number of nitrogens with zero attached hydrogens (tertiary/aromatic N) is 2. The van der Waals surface area contributed by atoms with Crippen LogP contribution in [0.5, 0.6) is 0 Å². The van der Waals surface area contributed by atoms with Crippen molar-refractivity contribution in [3.63, 3.8) is 0 Å². The van der Waals surface area contributed by atoms with E-state index in [1.54, 1.807) is 12.1 Å². The van der Waals surface area contributed by atoms with Crippen molar-refractivity contribution in [3.8, 4) is 11.3 Å². The van der Waals surface area contributed by atoms with Crippen LogP contribution in [0.25, 0.3) is 11.3 Å². The second-order valence-electron chi connectivity index (χ2n) is 4.13. The highest BCUT2D eigenvalue weighted by Gasteiger charge is 2.17. The van der Waals surface area contributed by atoms with Gasteiger partial charge in [-0.1, -0.05) is 24.3 Å². The normalized spacial score (nSPS) is 12.1. The van der Waals surface area contributed by atoms with Crippen LogP contribution in [-0.4, -0.2) is 29.8 Å². The van der Waals surface area contributed by atoms with Gasteiger partial charge in [-0.05, 0) is 12.5 Å². The molecule has 6 nitrogen and oxygen atoms in total. The summed E-state index contributed by atoms with van der Waals surface area (Å²) in [6.07, 6.45) is 1.17. The van der Waals surface area contributed by atoms with Crippen molar-refractivity contribution in [1.82, 2.24) is 9.97 Å². The van der Waals surface area contributed by atoms with Gasteiger partial charge in [0.2, 0.25) is 0 Å². The smallest absolute Gasteiger partial charge is 0.339 e. The van der Waals surface area contributed by atoms with E-state index < -0.39 is 17.0 Å². The standard InChI is InChI=1S/C13H12N2O4S/c1-8-4-2-3-5-9(8)12-10(13(16)17)6-14-11(15-12)7-20(18)19/h2-6H,7H2,1H3,(H,16,17)(H,18,19). The zero-order valence-electron chi connectivity index (χ0n) is 10.6. The number of carbonyl (C=O) groups is 1. The van der Waals surface area contributed by atoms with Gasteiger partial charge in [-0.3, -0.25) is 0 Å². The second kappa shape index (κ2) is 5.89. The van der Waals surface area contributed by atoms with Crippen LogP contribution in [-0.2, 0) is 16.8 Å². The van der Waals surface area contributed by atoms with Crippen LogP contribution in [0.4, 0.5) is 0 Å². The topological polar surface area (TPSA) is 100 Å². The monoisotopic (exact) mass is 292 g/mol. The van der Waals surface area contributed by atoms with Crippen molar-refractivity contribution >= 4 is 17.0 Å². The highest BCUT2D eigenvalue weighted by atomic mass is 32.2. The van der Waals surface area contributed by atoms with Crippen molar-refractivity contribution in [2.75, 3.05) is 0 Å². The molecule has 2 N–H and O–H groups in total. The molecular formula is C13H12N2O4S. The summed E-state index contributed by atoms with van der Waals surface area (Å²) in [6, 6.07) is 7.21. The summed E-state index contributed by atoms with van der Waals surface area (Å²) in [7, 11) is 0. The number of carboxylic acids is 1. The molecule has 0 radical (unpaired) electrons. The molecule has 0 fully saturated rings. The number of hydrogen-bond acceptors (Lipinski definition) is 4. The lowest BCUT2D eigenvalue weighted by molar-refractivity contribution is 0.0697. The van der Waals surface area contributed by atoms with Gasteiger partial charge in [-0.2, -0.15) is 0 Å². The maximum absolute atomic E-state index is 11.3. The predicted molar refractivity (Wildman–Crippen MR) is 73.6 cm³/mol. The summed E-state index contributed by atoms with van der Waals surface area (Å²) in [5.41, 5.74) is 1.75. The van der Waals surface area contributed by atoms with Gasteiger partial charge in [-0.15, -0.1) is 0 Å². The Morgan fingerprint density at radius 1 is 1.35 bits per heavy atom. The van der Waals surface area contributed by atoms with Crippen molar-refractivity contribution in [2.24, 2.45) is 0 Å². The van der Waals surface area contributed by atoms with Crippen LogP contribution in [0.2, 0.25) is 0 Å². The molecule has 2 rings (SSSR count). The largest absolute Gasteiger partial charge is 0.478 e. The van der Waals surface area contributed by atoms with E-state index in [1.165, 1.54) is 6.20 Å². The van der Waals surface area contributed by atoms with Crippen molar-refractivity contribution in [3.05, 3.63) is 47.4 Å². The number of carboxylic acid groups (broad SMARTS) is 1. The zero-order chi connectivity index (χ0) is 14.7. The molecule has 0 saturated carbocycles. The first kappa shape index (κ1) is 14.3. The Morgan fingerprint density at radius 3 is 2.65 bits per heavy atom. The number of aromatic carboxylic acids is 1. The Kier molecular flexibility index (Phi) is 4.21. The van der Waals surface area contributed by atoms with E-state index in [9.17, 15) is 14.1 Å². The first-order chi connectivity index (χ1) is 9.49. The molecule has 0 bridgehead atoms. The third-order valence-corrected chi connectivity index (χ3v) is 3.23. The van der Waals surface area contributed by atoms with Gasteiger partial charge in [0.1, 0.15) is 17.1 Å². The highest BCUT2D eigenvalue weighted by Crippen LogP contribution is 2.24. The second-order valence-corrected chi connectivity index (χ2v) is 5.07. The van der Waals surface area contributed by atoms with Gasteiger partial charge in [-0.25, -0.2) is 19.0 Å². The van der Waals surface area contributed by atoms with E-state index in [0.29, 0.717) is 5.56 Å². The number of benzene rings is 1. The van der Waals surface area contributed by atoms with E-state index in [1.807, 2.05) is 19.1 Å². The van der Waals surface area contributed by atoms with E-state index in [0.717, 1.165) is 5.56 Å². The van der Waals surface area contributed by atoms with Gasteiger partial charge in [0.15, 0.2) is 11.1 Å². The lowest BCUT2D eigenvalue weighted by Gasteiger charge is -2.09. The van der Waals surface area contributed by atoms with Crippen LogP contribution < -0.4 is 0 Å². The minimum atomic E-state index is -2.08. The summed E-state index contributed by atoms with van der Waals surface area (Å²) < 4.78 is 19.7. The Labute approximate surface area is 117 Å². The van der Waals surface area contributed by atoms with Crippen molar-refractivity contribution < 1.29 is 18.7 Å². The average molecular weight is 292 g/mol. The predicted octanol–water partition coefficient (Wildman–Crippen LogP) is 1.87. The molecule has 0 aliphatic heterocycles. The number of hydrogen-bond donors (Lipinski definition) is 2. The zero-order valence-corrected chi connectivity index (χ0v) is 11.4. The molecule has 0 aliphatic rings. The summed E-state index contributed by atoms with van der Waals surface area (Å²) in [4.78, 5) is 19.2. The maximum Gasteiger partial charge on any atom is 0.339 e. The Bertz CT molecular complexity index is 688. The molecule has 1 atom stereocenters. The molecule has 1 unspecified atom stereocenters. The van der Waals surface area contributed by atoms with E-state index >= 15 is 0 Å². The molecule has 20 heavy (non-hydrogen) atoms. The van der Waals surface area contributed by atoms with Crippen LogP contribution in [0.15, 0.2) is 30.5 Å². The Morgan fingerprint density at radius 2 is 2.05 bits per heavy atom. The minimum Gasteiger partial charge on any atom is -0.478 e. The van der Waals surface area contributed by atoms with Gasteiger partial charge >= 0.3 is 5.97 Å². The SMILES string of the molecule is Cc1ccccc1-c1nc(CS(=O)O)ncc1C(=O)O. The summed E-state index contributed by atoms with van der Waals surface area (Å²) in [6.45, 7) is 1.84. The fraction of sp³-hybridized carbons (Fsp3) is 0.154. The van der Waals surface area contributed by atoms with Crippen LogP contribution in [0.3, 0.4) is 0 Å². The Balaban J connectivity index is 2.61. The molecule has 1 aromatic carbocycles. The minimum absolute atomic E-state index is 0.0354. The van der Waals surface area contributed by atoms with Crippen LogP contribution in [0.1, 0.15) is 21.7 Å². The fourth-order valence-corrected chi connectivity index (χ4v) is 2.16. The molecule has 2 aromatic rings. The number of rotatable bonds is 4. The highest BCUT2D eigenvalue weighted by molar-refractivity contribution is 7.78. The van der Waals surface area contributed by atoms with Crippen LogP contribution in [0, 0.1) is 6.92 Å². The number of aromatic nitrogens is 2. The maximum atomic E-state index is 11.3. The third kappa shape index (κ3) is 3.06. The first-order valence-electron chi connectivity index (χ1n) is 5.71. The van der Waals surface area contributed by atoms with Gasteiger partial charge in [0, 0.05) is 11.8 Å². The third-order valence-electron chi connectivity index (χ3n) is 2.72. The molecule has 0 aliphatic carbocycles. The Hall–Kier alpha value is -2.12. The van der Waals surface area contributed by atoms with Gasteiger partial charge < -0.3 is 9.66 Å². The molecule has 1 heterocycles. The lowest BCUT2D eigenvalue weighted by Crippen LogP contribution is -2.08. The lowest BCUT2D eigenvalue weighted by atomic mass is 10.0. The molecule has 0 saturated heterocycles. The summed E-state index contributed by atoms with van der Waals surface area (Å²) in [5, 5.41) is 9.20. The van der Waals surface area contributed by atoms with Crippen LogP contribution >= 0.6 is 0 Å². The van der Waals surface area contributed by atoms with Gasteiger partial charge in [0.05, 0.1) is 5.69 Å². The quantitative estimate of drug-likeness (QED) is 0.834.